The summed E-state index contributed by atoms with van der Waals surface area (Å²) in [4.78, 5) is 14.7. The van der Waals surface area contributed by atoms with Crippen LogP contribution in [0.4, 0.5) is 0 Å². The van der Waals surface area contributed by atoms with Crippen molar-refractivity contribution in [1.29, 1.82) is 0 Å². The van der Waals surface area contributed by atoms with Gasteiger partial charge in [-0.05, 0) is 0 Å². The van der Waals surface area contributed by atoms with E-state index in [-0.39, 0.29) is 12.5 Å². The van der Waals surface area contributed by atoms with Gasteiger partial charge in [0, 0.05) is 19.8 Å². The maximum atomic E-state index is 10.7. The number of aryl methyl sites for hydroxylation is 1. The molecule has 13 heavy (non-hydrogen) atoms. The zero-order valence-corrected chi connectivity index (χ0v) is 7.78. The van der Waals surface area contributed by atoms with Crippen LogP contribution in [0.2, 0.25) is 0 Å². The molecule has 0 fully saturated rings. The van der Waals surface area contributed by atoms with Crippen LogP contribution in [0.5, 0.6) is 0 Å². The zero-order valence-electron chi connectivity index (χ0n) is 7.78. The van der Waals surface area contributed by atoms with Gasteiger partial charge in [-0.3, -0.25) is 4.79 Å². The molecule has 1 N–H and O–H groups in total. The molecular weight excluding hydrogens is 170 g/mol. The minimum atomic E-state index is -0.262. The molecule has 5 nitrogen and oxygen atoms in total. The highest BCUT2D eigenvalue weighted by Crippen LogP contribution is 1.94. The standard InChI is InChI=1S/C8H13N3O2/c1-11-6-10-4-7(11)3-9-5-8(12)13-2/h4,6,9H,3,5H2,1-2H3. The van der Waals surface area contributed by atoms with Crippen molar-refractivity contribution < 1.29 is 9.53 Å². The first kappa shape index (κ1) is 9.73. The monoisotopic (exact) mass is 183 g/mol. The minimum absolute atomic E-state index is 0.224. The molecule has 1 aromatic rings. The van der Waals surface area contributed by atoms with E-state index in [1.54, 1.807) is 12.5 Å². The second-order valence-corrected chi connectivity index (χ2v) is 2.68. The summed E-state index contributed by atoms with van der Waals surface area (Å²) >= 11 is 0. The van der Waals surface area contributed by atoms with E-state index in [4.69, 9.17) is 0 Å². The highest BCUT2D eigenvalue weighted by molar-refractivity contribution is 5.71. The molecule has 0 unspecified atom stereocenters. The van der Waals surface area contributed by atoms with Gasteiger partial charge in [0.05, 0.1) is 25.7 Å². The highest BCUT2D eigenvalue weighted by atomic mass is 16.5. The van der Waals surface area contributed by atoms with E-state index in [0.29, 0.717) is 6.54 Å². The van der Waals surface area contributed by atoms with E-state index in [2.05, 4.69) is 15.0 Å². The van der Waals surface area contributed by atoms with Crippen LogP contribution in [0.25, 0.3) is 0 Å². The Bertz CT molecular complexity index is 283. The van der Waals surface area contributed by atoms with Crippen molar-refractivity contribution in [3.8, 4) is 0 Å². The maximum absolute atomic E-state index is 10.7. The molecule has 0 spiro atoms. The Morgan fingerprint density at radius 2 is 2.54 bits per heavy atom. The summed E-state index contributed by atoms with van der Waals surface area (Å²) in [6.07, 6.45) is 3.47. The fourth-order valence-electron chi connectivity index (χ4n) is 0.920. The third-order valence-corrected chi connectivity index (χ3v) is 1.72. The van der Waals surface area contributed by atoms with Crippen molar-refractivity contribution >= 4 is 5.97 Å². The number of nitrogens with one attached hydrogen (secondary N) is 1. The van der Waals surface area contributed by atoms with Crippen LogP contribution < -0.4 is 5.32 Å². The molecule has 5 heteroatoms. The van der Waals surface area contributed by atoms with E-state index < -0.39 is 0 Å². The van der Waals surface area contributed by atoms with Crippen LogP contribution in [-0.4, -0.2) is 29.2 Å². The number of hydrogen-bond donors (Lipinski definition) is 1. The molecule has 0 aliphatic carbocycles. The minimum Gasteiger partial charge on any atom is -0.468 e. The van der Waals surface area contributed by atoms with E-state index in [0.717, 1.165) is 5.69 Å². The van der Waals surface area contributed by atoms with Crippen molar-refractivity contribution in [2.45, 2.75) is 6.54 Å². The van der Waals surface area contributed by atoms with Crippen LogP contribution >= 0.6 is 0 Å². The van der Waals surface area contributed by atoms with Gasteiger partial charge in [-0.25, -0.2) is 4.98 Å². The number of rotatable bonds is 4. The molecule has 72 valence electrons. The molecule has 0 aromatic carbocycles. The second-order valence-electron chi connectivity index (χ2n) is 2.68. The molecule has 1 aromatic heterocycles. The fourth-order valence-corrected chi connectivity index (χ4v) is 0.920. The molecule has 0 saturated heterocycles. The van der Waals surface area contributed by atoms with Crippen LogP contribution in [0.15, 0.2) is 12.5 Å². The number of esters is 1. The summed E-state index contributed by atoms with van der Waals surface area (Å²) in [5.41, 5.74) is 1.03. The molecular formula is C8H13N3O2. The number of imidazole rings is 1. The number of ether oxygens (including phenoxy) is 1. The normalized spacial score (nSPS) is 10.0. The number of nitrogens with zero attached hydrogens (tertiary/aromatic N) is 2. The lowest BCUT2D eigenvalue weighted by Gasteiger charge is -2.03. The first-order valence-corrected chi connectivity index (χ1v) is 3.96. The van der Waals surface area contributed by atoms with E-state index in [1.165, 1.54) is 7.11 Å². The summed E-state index contributed by atoms with van der Waals surface area (Å²) in [6.45, 7) is 0.841. The molecule has 0 aliphatic heterocycles. The third kappa shape index (κ3) is 2.87. The van der Waals surface area contributed by atoms with Crippen molar-refractivity contribution in [1.82, 2.24) is 14.9 Å². The SMILES string of the molecule is COC(=O)CNCc1cncn1C. The van der Waals surface area contributed by atoms with Gasteiger partial charge in [0.1, 0.15) is 0 Å². The van der Waals surface area contributed by atoms with E-state index in [1.807, 2.05) is 11.6 Å². The Morgan fingerprint density at radius 3 is 3.08 bits per heavy atom. The highest BCUT2D eigenvalue weighted by Gasteiger charge is 2.00. The number of carbonyl (C=O) groups is 1. The number of carbonyl (C=O) groups excluding carboxylic acids is 1. The Kier molecular flexibility index (Phi) is 3.45. The molecule has 1 rings (SSSR count). The van der Waals surface area contributed by atoms with Crippen molar-refractivity contribution in [2.75, 3.05) is 13.7 Å². The average molecular weight is 183 g/mol. The molecule has 0 aliphatic rings. The van der Waals surface area contributed by atoms with Gasteiger partial charge in [0.25, 0.3) is 0 Å². The lowest BCUT2D eigenvalue weighted by atomic mass is 10.4. The first-order chi connectivity index (χ1) is 6.24. The topological polar surface area (TPSA) is 56.1 Å². The van der Waals surface area contributed by atoms with Crippen molar-refractivity contribution in [3.05, 3.63) is 18.2 Å². The number of hydrogen-bond acceptors (Lipinski definition) is 4. The van der Waals surface area contributed by atoms with Gasteiger partial charge in [-0.15, -0.1) is 0 Å². The van der Waals surface area contributed by atoms with Crippen LogP contribution in [0.3, 0.4) is 0 Å². The summed E-state index contributed by atoms with van der Waals surface area (Å²) in [5.74, 6) is -0.262. The van der Waals surface area contributed by atoms with Gasteiger partial charge in [-0.2, -0.15) is 0 Å². The van der Waals surface area contributed by atoms with Gasteiger partial charge < -0.3 is 14.6 Å². The molecule has 0 amide bonds. The largest absolute Gasteiger partial charge is 0.468 e. The Hall–Kier alpha value is -1.36. The van der Waals surface area contributed by atoms with Crippen molar-refractivity contribution in [2.24, 2.45) is 7.05 Å². The molecule has 0 atom stereocenters. The van der Waals surface area contributed by atoms with E-state index in [9.17, 15) is 4.79 Å². The summed E-state index contributed by atoms with van der Waals surface area (Å²) in [5, 5.41) is 2.94. The molecule has 1 heterocycles. The Morgan fingerprint density at radius 1 is 1.77 bits per heavy atom. The third-order valence-electron chi connectivity index (χ3n) is 1.72. The van der Waals surface area contributed by atoms with Crippen LogP contribution in [0.1, 0.15) is 5.69 Å². The summed E-state index contributed by atoms with van der Waals surface area (Å²) in [7, 11) is 3.27. The van der Waals surface area contributed by atoms with E-state index >= 15 is 0 Å². The number of aromatic nitrogens is 2. The lowest BCUT2D eigenvalue weighted by molar-refractivity contribution is -0.139. The van der Waals surface area contributed by atoms with Crippen LogP contribution in [-0.2, 0) is 23.1 Å². The Balaban J connectivity index is 2.28. The number of methoxy groups -OCH3 is 1. The van der Waals surface area contributed by atoms with Gasteiger partial charge in [0.2, 0.25) is 0 Å². The molecule has 0 radical (unpaired) electrons. The fraction of sp³-hybridized carbons (Fsp3) is 0.500. The van der Waals surface area contributed by atoms with Gasteiger partial charge >= 0.3 is 5.97 Å². The zero-order chi connectivity index (χ0) is 9.68. The predicted octanol–water partition coefficient (Wildman–Crippen LogP) is -0.317. The lowest BCUT2D eigenvalue weighted by Crippen LogP contribution is -2.24. The quantitative estimate of drug-likeness (QED) is 0.650. The van der Waals surface area contributed by atoms with Gasteiger partial charge in [0.15, 0.2) is 0 Å². The maximum Gasteiger partial charge on any atom is 0.319 e. The molecule has 0 saturated carbocycles. The summed E-state index contributed by atoms with van der Waals surface area (Å²) in [6, 6.07) is 0. The first-order valence-electron chi connectivity index (χ1n) is 3.96. The van der Waals surface area contributed by atoms with Gasteiger partial charge in [-0.1, -0.05) is 0 Å². The predicted molar refractivity (Wildman–Crippen MR) is 46.9 cm³/mol. The Labute approximate surface area is 76.7 Å². The average Bonchev–Trinajstić information content (AvgIpc) is 2.52. The van der Waals surface area contributed by atoms with Crippen LogP contribution in [0, 0.1) is 0 Å². The second kappa shape index (κ2) is 4.61. The van der Waals surface area contributed by atoms with Crippen molar-refractivity contribution in [3.63, 3.8) is 0 Å². The smallest absolute Gasteiger partial charge is 0.319 e. The molecule has 0 bridgehead atoms. The summed E-state index contributed by atoms with van der Waals surface area (Å²) < 4.78 is 6.37.